The maximum atomic E-state index is 13.1. The van der Waals surface area contributed by atoms with Crippen molar-refractivity contribution in [3.63, 3.8) is 0 Å². The van der Waals surface area contributed by atoms with Gasteiger partial charge in [0.15, 0.2) is 0 Å². The number of hydrogen-bond donors (Lipinski definition) is 9. The van der Waals surface area contributed by atoms with Gasteiger partial charge in [-0.15, -0.1) is 0 Å². The second-order valence-corrected chi connectivity index (χ2v) is 11.2. The first-order chi connectivity index (χ1) is 19.6. The molecule has 1 fully saturated rings. The highest BCUT2D eigenvalue weighted by molar-refractivity contribution is 5.95. The van der Waals surface area contributed by atoms with Gasteiger partial charge in [-0.25, -0.2) is 4.79 Å². The van der Waals surface area contributed by atoms with E-state index in [1.165, 1.54) is 0 Å². The number of carbonyl (C=O) groups excluding carboxylic acids is 6. The van der Waals surface area contributed by atoms with Gasteiger partial charge < -0.3 is 47.8 Å². The summed E-state index contributed by atoms with van der Waals surface area (Å²) in [4.78, 5) is 85.7. The minimum absolute atomic E-state index is 0.00391. The van der Waals surface area contributed by atoms with Crippen molar-refractivity contribution in [2.24, 2.45) is 17.6 Å². The number of rotatable bonds is 18. The van der Waals surface area contributed by atoms with Crippen molar-refractivity contribution in [1.29, 1.82) is 0 Å². The lowest BCUT2D eigenvalue weighted by Gasteiger charge is -2.24. The third-order valence-corrected chi connectivity index (χ3v) is 6.28. The maximum absolute atomic E-state index is 13.1. The van der Waals surface area contributed by atoms with Crippen LogP contribution in [0.1, 0.15) is 59.8 Å². The number of nitrogens with two attached hydrogens (primary N) is 1. The van der Waals surface area contributed by atoms with E-state index in [2.05, 4.69) is 31.9 Å². The van der Waals surface area contributed by atoms with Gasteiger partial charge in [-0.2, -0.15) is 0 Å². The summed E-state index contributed by atoms with van der Waals surface area (Å²) in [5.41, 5.74) is 5.21. The summed E-state index contributed by atoms with van der Waals surface area (Å²) < 4.78 is 0. The van der Waals surface area contributed by atoms with Crippen LogP contribution in [-0.2, 0) is 33.6 Å². The molecule has 5 atom stereocenters. The Hall–Kier alpha value is -3.79. The second kappa shape index (κ2) is 17.9. The van der Waals surface area contributed by atoms with E-state index in [0.29, 0.717) is 0 Å². The van der Waals surface area contributed by atoms with Gasteiger partial charge in [-0.05, 0) is 37.5 Å². The van der Waals surface area contributed by atoms with E-state index in [9.17, 15) is 43.8 Å². The Kier molecular flexibility index (Phi) is 15.4. The molecule has 1 saturated heterocycles. The lowest BCUT2D eigenvalue weighted by molar-refractivity contribution is -0.142. The third-order valence-electron chi connectivity index (χ3n) is 6.28. The average Bonchev–Trinajstić information content (AvgIpc) is 3.32. The van der Waals surface area contributed by atoms with Crippen molar-refractivity contribution in [3.8, 4) is 0 Å². The zero-order chi connectivity index (χ0) is 32.0. The van der Waals surface area contributed by atoms with Crippen LogP contribution in [0.4, 0.5) is 0 Å². The van der Waals surface area contributed by atoms with Crippen molar-refractivity contribution in [2.45, 2.75) is 90.1 Å². The van der Waals surface area contributed by atoms with Crippen LogP contribution in [0, 0.1) is 11.8 Å². The highest BCUT2D eigenvalue weighted by atomic mass is 16.4. The number of hydrogen-bond acceptors (Lipinski definition) is 9. The van der Waals surface area contributed by atoms with Gasteiger partial charge in [0.05, 0.1) is 25.2 Å². The number of nitrogens with one attached hydrogen (secondary N) is 6. The van der Waals surface area contributed by atoms with Crippen LogP contribution in [0.25, 0.3) is 0 Å². The third kappa shape index (κ3) is 14.2. The van der Waals surface area contributed by atoms with Crippen LogP contribution < -0.4 is 37.6 Å². The van der Waals surface area contributed by atoms with Crippen LogP contribution in [-0.4, -0.2) is 102 Å². The monoisotopic (exact) mass is 599 g/mol. The van der Waals surface area contributed by atoms with Crippen molar-refractivity contribution in [1.82, 2.24) is 31.9 Å². The number of amides is 6. The minimum Gasteiger partial charge on any atom is -0.480 e. The van der Waals surface area contributed by atoms with Crippen LogP contribution in [0.3, 0.4) is 0 Å². The molecule has 238 valence electrons. The zero-order valence-corrected chi connectivity index (χ0v) is 24.5. The Balaban J connectivity index is 2.81. The molecule has 16 heteroatoms. The molecule has 0 spiro atoms. The molecule has 42 heavy (non-hydrogen) atoms. The highest BCUT2D eigenvalue weighted by Gasteiger charge is 2.30. The first kappa shape index (κ1) is 36.2. The van der Waals surface area contributed by atoms with E-state index in [0.717, 1.165) is 0 Å². The molecule has 0 bridgehead atoms. The Morgan fingerprint density at radius 2 is 1.36 bits per heavy atom. The van der Waals surface area contributed by atoms with Gasteiger partial charge >= 0.3 is 5.97 Å². The van der Waals surface area contributed by atoms with Crippen molar-refractivity contribution >= 4 is 41.4 Å². The van der Waals surface area contributed by atoms with Crippen LogP contribution in [0.15, 0.2) is 0 Å². The largest absolute Gasteiger partial charge is 0.480 e. The number of primary amides is 1. The fourth-order valence-electron chi connectivity index (χ4n) is 4.21. The van der Waals surface area contributed by atoms with E-state index in [4.69, 9.17) is 5.73 Å². The predicted molar refractivity (Wildman–Crippen MR) is 149 cm³/mol. The number of aliphatic hydroxyl groups excluding tert-OH is 1. The molecule has 6 amide bonds. The van der Waals surface area contributed by atoms with E-state index in [1.54, 1.807) is 27.7 Å². The Morgan fingerprint density at radius 3 is 1.86 bits per heavy atom. The smallest absolute Gasteiger partial charge is 0.326 e. The number of aliphatic hydroxyl groups is 1. The zero-order valence-electron chi connectivity index (χ0n) is 24.5. The molecule has 0 aliphatic carbocycles. The summed E-state index contributed by atoms with van der Waals surface area (Å²) in [6, 6.07) is -4.18. The quantitative estimate of drug-likeness (QED) is 0.0764. The normalized spacial score (nSPS) is 18.5. The van der Waals surface area contributed by atoms with Gasteiger partial charge in [0, 0.05) is 13.0 Å². The number of aliphatic carboxylic acids is 1. The van der Waals surface area contributed by atoms with E-state index in [1.807, 2.05) is 0 Å². The van der Waals surface area contributed by atoms with Gasteiger partial charge in [0.2, 0.25) is 35.4 Å². The van der Waals surface area contributed by atoms with E-state index >= 15 is 0 Å². The molecule has 1 aliphatic rings. The molecular formula is C26H45N7O9. The maximum Gasteiger partial charge on any atom is 0.326 e. The first-order valence-electron chi connectivity index (χ1n) is 14.0. The molecule has 0 aromatic carbocycles. The molecule has 0 aromatic heterocycles. The molecular weight excluding hydrogens is 554 g/mol. The standard InChI is InChI=1S/C26H45N7O9/c1-13(2)7-18(24(39)30-12-22(37)32-19(26(41)42)8-14(3)4)33-25(40)16(5-6-20(27)35)31-21(36)11-29-23(38)17-9-15(34)10-28-17/h13-19,28,34H,5-12H2,1-4H3,(H2,27,35)(H,29,38)(H,30,39)(H,31,36)(H,32,37)(H,33,40)(H,41,42)/t15-,16-,17+,18-,19-/m0/s1. The summed E-state index contributed by atoms with van der Waals surface area (Å²) in [7, 11) is 0. The van der Waals surface area contributed by atoms with Crippen LogP contribution in [0.2, 0.25) is 0 Å². The topological polar surface area (TPSA) is 258 Å². The molecule has 10 N–H and O–H groups in total. The van der Waals surface area contributed by atoms with Crippen molar-refractivity contribution in [2.75, 3.05) is 19.6 Å². The summed E-state index contributed by atoms with van der Waals surface area (Å²) in [5, 5.41) is 33.8. The predicted octanol–water partition coefficient (Wildman–Crippen LogP) is -3.16. The van der Waals surface area contributed by atoms with E-state index in [-0.39, 0.29) is 50.5 Å². The lowest BCUT2D eigenvalue weighted by Crippen LogP contribution is -2.56. The fourth-order valence-corrected chi connectivity index (χ4v) is 4.21. The number of carboxylic acids is 1. The molecule has 1 aliphatic heterocycles. The van der Waals surface area contributed by atoms with Crippen LogP contribution in [0.5, 0.6) is 0 Å². The molecule has 0 aromatic rings. The van der Waals surface area contributed by atoms with E-state index < -0.39 is 84.8 Å². The Labute approximate surface area is 244 Å². The molecule has 0 unspecified atom stereocenters. The summed E-state index contributed by atoms with van der Waals surface area (Å²) in [5.74, 6) is -5.45. The lowest BCUT2D eigenvalue weighted by atomic mass is 10.0. The summed E-state index contributed by atoms with van der Waals surface area (Å²) >= 11 is 0. The number of carbonyl (C=O) groups is 7. The Bertz CT molecular complexity index is 989. The van der Waals surface area contributed by atoms with Gasteiger partial charge in [-0.3, -0.25) is 28.8 Å². The summed E-state index contributed by atoms with van der Waals surface area (Å²) in [6.07, 6.45) is -0.552. The van der Waals surface area contributed by atoms with Crippen molar-refractivity contribution in [3.05, 3.63) is 0 Å². The first-order valence-corrected chi connectivity index (χ1v) is 14.0. The minimum atomic E-state index is -1.27. The number of carboxylic acid groups (broad SMARTS) is 1. The fraction of sp³-hybridized carbons (Fsp3) is 0.731. The molecule has 1 rings (SSSR count). The molecule has 1 heterocycles. The van der Waals surface area contributed by atoms with Gasteiger partial charge in [0.25, 0.3) is 0 Å². The second-order valence-electron chi connectivity index (χ2n) is 11.2. The van der Waals surface area contributed by atoms with Crippen LogP contribution >= 0.6 is 0 Å². The molecule has 0 radical (unpaired) electrons. The van der Waals surface area contributed by atoms with Crippen molar-refractivity contribution < 1.29 is 43.8 Å². The number of β-amino-alcohol motifs (C(OH)–C–C–N with tert-alkyl or cyclic N) is 1. The average molecular weight is 600 g/mol. The SMILES string of the molecule is CC(C)C[C@H](NC(=O)CNC(=O)[C@H](CC(C)C)NC(=O)[C@H](CCC(N)=O)NC(=O)CNC(=O)[C@H]1C[C@H](O)CN1)C(=O)O. The summed E-state index contributed by atoms with van der Waals surface area (Å²) in [6.45, 7) is 6.45. The molecule has 16 nitrogen and oxygen atoms in total. The van der Waals surface area contributed by atoms with Gasteiger partial charge in [0.1, 0.15) is 18.1 Å². The highest BCUT2D eigenvalue weighted by Crippen LogP contribution is 2.08. The van der Waals surface area contributed by atoms with Gasteiger partial charge in [-0.1, -0.05) is 27.7 Å². The molecule has 0 saturated carbocycles. The Morgan fingerprint density at radius 1 is 0.810 bits per heavy atom.